The summed E-state index contributed by atoms with van der Waals surface area (Å²) in [6.45, 7) is 4.83. The van der Waals surface area contributed by atoms with Crippen molar-refractivity contribution in [2.24, 2.45) is 16.6 Å². The van der Waals surface area contributed by atoms with Crippen LogP contribution in [0.15, 0.2) is 4.99 Å². The predicted octanol–water partition coefficient (Wildman–Crippen LogP) is 2.00. The molecule has 0 radical (unpaired) electrons. The van der Waals surface area contributed by atoms with Crippen molar-refractivity contribution in [2.75, 3.05) is 13.1 Å². The van der Waals surface area contributed by atoms with Crippen LogP contribution in [-0.2, 0) is 4.79 Å². The maximum Gasteiger partial charge on any atom is 0.222 e. The summed E-state index contributed by atoms with van der Waals surface area (Å²) in [4.78, 5) is 15.6. The minimum atomic E-state index is 0. The summed E-state index contributed by atoms with van der Waals surface area (Å²) >= 11 is 0. The minimum absolute atomic E-state index is 0. The SMILES string of the molecule is CC(C)C(=O)NCCN=C(N)NC1CCCCCC1.I. The van der Waals surface area contributed by atoms with Crippen LogP contribution in [0.3, 0.4) is 0 Å². The lowest BCUT2D eigenvalue weighted by atomic mass is 10.1. The number of guanidine groups is 1. The first-order valence-electron chi connectivity index (χ1n) is 7.43. The molecule has 0 aromatic heterocycles. The van der Waals surface area contributed by atoms with Gasteiger partial charge in [0.2, 0.25) is 5.91 Å². The molecule has 5 nitrogen and oxygen atoms in total. The third kappa shape index (κ3) is 8.60. The molecule has 0 bridgehead atoms. The summed E-state index contributed by atoms with van der Waals surface area (Å²) in [5.74, 6) is 0.585. The van der Waals surface area contributed by atoms with Gasteiger partial charge in [0.15, 0.2) is 5.96 Å². The predicted molar refractivity (Wildman–Crippen MR) is 94.4 cm³/mol. The van der Waals surface area contributed by atoms with Gasteiger partial charge in [-0.3, -0.25) is 9.79 Å². The van der Waals surface area contributed by atoms with Crippen molar-refractivity contribution in [3.05, 3.63) is 0 Å². The molecule has 1 fully saturated rings. The fourth-order valence-electron chi connectivity index (χ4n) is 2.24. The molecule has 118 valence electrons. The number of amides is 1. The van der Waals surface area contributed by atoms with E-state index in [9.17, 15) is 4.79 Å². The van der Waals surface area contributed by atoms with E-state index in [-0.39, 0.29) is 35.8 Å². The molecule has 0 aliphatic heterocycles. The molecule has 1 amide bonds. The van der Waals surface area contributed by atoms with Crippen molar-refractivity contribution in [3.8, 4) is 0 Å². The number of carbonyl (C=O) groups is 1. The summed E-state index contributed by atoms with van der Waals surface area (Å²) in [5, 5.41) is 6.11. The Labute approximate surface area is 139 Å². The Morgan fingerprint density at radius 3 is 2.40 bits per heavy atom. The van der Waals surface area contributed by atoms with Crippen LogP contribution in [-0.4, -0.2) is 31.0 Å². The summed E-state index contributed by atoms with van der Waals surface area (Å²) in [5.41, 5.74) is 5.86. The molecule has 1 rings (SSSR count). The zero-order valence-electron chi connectivity index (χ0n) is 12.7. The van der Waals surface area contributed by atoms with Crippen molar-refractivity contribution in [1.82, 2.24) is 10.6 Å². The number of nitrogens with one attached hydrogen (secondary N) is 2. The second-order valence-corrected chi connectivity index (χ2v) is 5.55. The topological polar surface area (TPSA) is 79.5 Å². The smallest absolute Gasteiger partial charge is 0.222 e. The van der Waals surface area contributed by atoms with E-state index in [4.69, 9.17) is 5.73 Å². The van der Waals surface area contributed by atoms with Gasteiger partial charge in [-0.1, -0.05) is 39.5 Å². The molecule has 0 spiro atoms. The second kappa shape index (κ2) is 11.2. The van der Waals surface area contributed by atoms with E-state index in [1.54, 1.807) is 0 Å². The summed E-state index contributed by atoms with van der Waals surface area (Å²) in [7, 11) is 0. The first kappa shape index (κ1) is 19.5. The summed E-state index contributed by atoms with van der Waals surface area (Å²) in [6.07, 6.45) is 7.57. The summed E-state index contributed by atoms with van der Waals surface area (Å²) < 4.78 is 0. The number of carbonyl (C=O) groups excluding carboxylic acids is 1. The zero-order chi connectivity index (χ0) is 14.1. The lowest BCUT2D eigenvalue weighted by molar-refractivity contribution is -0.123. The molecule has 1 aliphatic carbocycles. The van der Waals surface area contributed by atoms with Crippen LogP contribution in [0.5, 0.6) is 0 Å². The molecule has 0 heterocycles. The van der Waals surface area contributed by atoms with Gasteiger partial charge in [0.05, 0.1) is 6.54 Å². The maximum absolute atomic E-state index is 11.3. The Balaban J connectivity index is 0.00000361. The van der Waals surface area contributed by atoms with Crippen LogP contribution >= 0.6 is 24.0 Å². The van der Waals surface area contributed by atoms with E-state index in [1.165, 1.54) is 38.5 Å². The molecule has 0 aromatic rings. The highest BCUT2D eigenvalue weighted by atomic mass is 127. The Hall–Kier alpha value is -0.530. The number of aliphatic imine (C=N–C) groups is 1. The zero-order valence-corrected chi connectivity index (χ0v) is 15.0. The molecule has 0 aromatic carbocycles. The van der Waals surface area contributed by atoms with Gasteiger partial charge in [-0.05, 0) is 12.8 Å². The molecule has 0 unspecified atom stereocenters. The van der Waals surface area contributed by atoms with Gasteiger partial charge in [-0.2, -0.15) is 0 Å². The van der Waals surface area contributed by atoms with E-state index < -0.39 is 0 Å². The molecule has 1 aliphatic rings. The highest BCUT2D eigenvalue weighted by Gasteiger charge is 2.12. The minimum Gasteiger partial charge on any atom is -0.370 e. The van der Waals surface area contributed by atoms with Crippen molar-refractivity contribution >= 4 is 35.8 Å². The third-order valence-electron chi connectivity index (χ3n) is 3.42. The molecule has 0 saturated heterocycles. The van der Waals surface area contributed by atoms with Crippen LogP contribution in [0, 0.1) is 5.92 Å². The summed E-state index contributed by atoms with van der Waals surface area (Å²) in [6, 6.07) is 0.469. The molecule has 1 saturated carbocycles. The molecular formula is C14H29IN4O. The van der Waals surface area contributed by atoms with Crippen LogP contribution in [0.25, 0.3) is 0 Å². The number of halogens is 1. The van der Waals surface area contributed by atoms with Gasteiger partial charge >= 0.3 is 0 Å². The second-order valence-electron chi connectivity index (χ2n) is 5.55. The van der Waals surface area contributed by atoms with E-state index in [0.717, 1.165) is 0 Å². The van der Waals surface area contributed by atoms with Gasteiger partial charge in [0, 0.05) is 18.5 Å². The Morgan fingerprint density at radius 2 is 1.85 bits per heavy atom. The standard InChI is InChI=1S/C14H28N4O.HI/c1-11(2)13(19)16-9-10-17-14(15)18-12-7-5-3-4-6-8-12;/h11-12H,3-10H2,1-2H3,(H,16,19)(H3,15,17,18);1H. The van der Waals surface area contributed by atoms with Crippen LogP contribution < -0.4 is 16.4 Å². The first-order chi connectivity index (χ1) is 9.09. The van der Waals surface area contributed by atoms with Crippen LogP contribution in [0.4, 0.5) is 0 Å². The van der Waals surface area contributed by atoms with Crippen LogP contribution in [0.2, 0.25) is 0 Å². The van der Waals surface area contributed by atoms with E-state index in [0.29, 0.717) is 25.1 Å². The van der Waals surface area contributed by atoms with E-state index in [2.05, 4.69) is 15.6 Å². The Morgan fingerprint density at radius 1 is 1.25 bits per heavy atom. The molecule has 6 heteroatoms. The highest BCUT2D eigenvalue weighted by Crippen LogP contribution is 2.16. The van der Waals surface area contributed by atoms with Gasteiger partial charge in [0.25, 0.3) is 0 Å². The fourth-order valence-corrected chi connectivity index (χ4v) is 2.24. The molecule has 20 heavy (non-hydrogen) atoms. The lowest BCUT2D eigenvalue weighted by Gasteiger charge is -2.16. The average Bonchev–Trinajstić information content (AvgIpc) is 2.62. The lowest BCUT2D eigenvalue weighted by Crippen LogP contribution is -2.40. The van der Waals surface area contributed by atoms with Gasteiger partial charge in [-0.25, -0.2) is 0 Å². The fraction of sp³-hybridized carbons (Fsp3) is 0.857. The Kier molecular flexibility index (Phi) is 10.9. The largest absolute Gasteiger partial charge is 0.370 e. The monoisotopic (exact) mass is 396 g/mol. The highest BCUT2D eigenvalue weighted by molar-refractivity contribution is 14.0. The van der Waals surface area contributed by atoms with Crippen molar-refractivity contribution in [1.29, 1.82) is 0 Å². The molecular weight excluding hydrogens is 367 g/mol. The van der Waals surface area contributed by atoms with E-state index in [1.807, 2.05) is 13.8 Å². The Bertz CT molecular complexity index is 300. The molecule has 0 atom stereocenters. The number of nitrogens with zero attached hydrogens (tertiary/aromatic N) is 1. The average molecular weight is 396 g/mol. The van der Waals surface area contributed by atoms with Gasteiger partial charge < -0.3 is 16.4 Å². The van der Waals surface area contributed by atoms with Crippen molar-refractivity contribution < 1.29 is 4.79 Å². The molecule has 4 N–H and O–H groups in total. The van der Waals surface area contributed by atoms with Crippen molar-refractivity contribution in [3.63, 3.8) is 0 Å². The van der Waals surface area contributed by atoms with Gasteiger partial charge in [0.1, 0.15) is 0 Å². The van der Waals surface area contributed by atoms with Crippen LogP contribution in [0.1, 0.15) is 52.4 Å². The van der Waals surface area contributed by atoms with Gasteiger partial charge in [-0.15, -0.1) is 24.0 Å². The number of hydrogen-bond donors (Lipinski definition) is 3. The van der Waals surface area contributed by atoms with E-state index >= 15 is 0 Å². The maximum atomic E-state index is 11.3. The number of nitrogens with two attached hydrogens (primary N) is 1. The number of rotatable bonds is 5. The normalized spacial score (nSPS) is 17.2. The van der Waals surface area contributed by atoms with Crippen molar-refractivity contribution in [2.45, 2.75) is 58.4 Å². The first-order valence-corrected chi connectivity index (χ1v) is 7.43. The third-order valence-corrected chi connectivity index (χ3v) is 3.42. The quantitative estimate of drug-likeness (QED) is 0.219. The number of hydrogen-bond acceptors (Lipinski definition) is 2.